The molecule has 6 aliphatic heterocycles. The van der Waals surface area contributed by atoms with E-state index in [4.69, 9.17) is 62.6 Å². The predicted molar refractivity (Wildman–Crippen MR) is 226 cm³/mol. The van der Waals surface area contributed by atoms with Crippen molar-refractivity contribution in [2.24, 2.45) is 5.73 Å². The first-order valence-corrected chi connectivity index (χ1v) is 23.8. The van der Waals surface area contributed by atoms with Gasteiger partial charge >= 0.3 is 5.97 Å². The fourth-order valence-electron chi connectivity index (χ4n) is 9.23. The second kappa shape index (κ2) is 27.4. The SMILES string of the molecule is NCCCCCO[C@H]1O[C@H](CO)[C@@H](O[C@@H]2O[C@H](CO)[C@@H](O[C@@H]3O[C@H](CO)[C@@H](O)[C@H](O[C@H]4O[C@H](CO)[C@@H](O[C@@H]5O[C@H](CO)[C@@H](O)[C@H](O)[C@@H]5O)[C@H](O)[C@H]4O)[C@H]3O)[C@H](O[C@H]3O[C@H](C(=O)O)[C@@H](O)[C@H](O)[C@H]3O)[C@@H]2O)[C@H](O)[C@H]1O. The van der Waals surface area contributed by atoms with E-state index in [0.29, 0.717) is 25.8 Å². The molecule has 0 aliphatic carbocycles. The molecular weight excluding hydrogens is 1020 g/mol. The summed E-state index contributed by atoms with van der Waals surface area (Å²) in [7, 11) is 0. The van der Waals surface area contributed by atoms with Crippen molar-refractivity contribution in [3.63, 3.8) is 0 Å². The molecule has 33 heteroatoms. The minimum Gasteiger partial charge on any atom is -0.479 e. The summed E-state index contributed by atoms with van der Waals surface area (Å²) < 4.78 is 67.9. The lowest BCUT2D eigenvalue weighted by molar-refractivity contribution is -0.405. The second-order valence-corrected chi connectivity index (χ2v) is 18.5. The van der Waals surface area contributed by atoms with Gasteiger partial charge in [0, 0.05) is 6.61 Å². The molecule has 6 aliphatic rings. The van der Waals surface area contributed by atoms with Crippen LogP contribution >= 0.6 is 0 Å². The molecule has 0 saturated carbocycles. The summed E-state index contributed by atoms with van der Waals surface area (Å²) in [5.74, 6) is -1.86. The maximum atomic E-state index is 12.0. The average Bonchev–Trinajstić information content (AvgIpc) is 3.38. The normalized spacial score (nSPS) is 49.4. The molecule has 33 nitrogen and oxygen atoms in total. The summed E-state index contributed by atoms with van der Waals surface area (Å²) in [4.78, 5) is 12.0. The monoisotopic (exact) mass is 1090 g/mol. The van der Waals surface area contributed by atoms with Crippen LogP contribution in [-0.4, -0.2) is 333 Å². The van der Waals surface area contributed by atoms with Crippen LogP contribution in [0.5, 0.6) is 0 Å². The number of ether oxygens (including phenoxy) is 12. The first-order chi connectivity index (χ1) is 35.2. The van der Waals surface area contributed by atoms with Crippen molar-refractivity contribution < 1.29 is 159 Å². The van der Waals surface area contributed by atoms with Gasteiger partial charge in [-0.25, -0.2) is 4.79 Å². The number of carboxylic acid groups (broad SMARTS) is 1. The van der Waals surface area contributed by atoms with Gasteiger partial charge in [0.05, 0.1) is 33.0 Å². The summed E-state index contributed by atoms with van der Waals surface area (Å²) in [6.07, 6.45) is -58.4. The van der Waals surface area contributed by atoms with E-state index in [2.05, 4.69) is 0 Å². The smallest absolute Gasteiger partial charge is 0.335 e. The van der Waals surface area contributed by atoms with Gasteiger partial charge < -0.3 is 160 Å². The van der Waals surface area contributed by atoms with Gasteiger partial charge in [-0.2, -0.15) is 0 Å². The average molecular weight is 1090 g/mol. The van der Waals surface area contributed by atoms with Crippen LogP contribution < -0.4 is 5.73 Å². The molecule has 0 spiro atoms. The third-order valence-electron chi connectivity index (χ3n) is 13.5. The van der Waals surface area contributed by atoms with E-state index < -0.39 is 223 Å². The van der Waals surface area contributed by atoms with Crippen molar-refractivity contribution in [2.45, 2.75) is 203 Å². The molecule has 6 heterocycles. The van der Waals surface area contributed by atoms with Crippen molar-refractivity contribution in [2.75, 3.05) is 46.2 Å². The minimum absolute atomic E-state index is 0.0472. The molecule has 0 bridgehead atoms. The van der Waals surface area contributed by atoms with E-state index in [9.17, 15) is 102 Å². The Bertz CT molecular complexity index is 1690. The molecule has 0 radical (unpaired) electrons. The predicted octanol–water partition coefficient (Wildman–Crippen LogP) is -12.9. The van der Waals surface area contributed by atoms with Gasteiger partial charge in [-0.15, -0.1) is 0 Å². The van der Waals surface area contributed by atoms with Gasteiger partial charge in [0.25, 0.3) is 0 Å². The quantitative estimate of drug-likeness (QED) is 0.0448. The Balaban J connectivity index is 1.24. The Morgan fingerprint density at radius 2 is 0.716 bits per heavy atom. The Morgan fingerprint density at radius 3 is 1.22 bits per heavy atom. The van der Waals surface area contributed by atoms with E-state index in [1.165, 1.54) is 0 Å². The van der Waals surface area contributed by atoms with Crippen LogP contribution in [-0.2, 0) is 61.6 Å². The maximum absolute atomic E-state index is 12.0. The molecule has 0 unspecified atom stereocenters. The van der Waals surface area contributed by atoms with Gasteiger partial charge in [0.15, 0.2) is 43.8 Å². The number of aliphatic hydroxyl groups is 18. The second-order valence-electron chi connectivity index (χ2n) is 18.5. The third-order valence-corrected chi connectivity index (χ3v) is 13.5. The van der Waals surface area contributed by atoms with Gasteiger partial charge in [0.1, 0.15) is 140 Å². The van der Waals surface area contributed by atoms with E-state index in [-0.39, 0.29) is 6.61 Å². The van der Waals surface area contributed by atoms with Crippen LogP contribution in [0, 0.1) is 0 Å². The van der Waals surface area contributed by atoms with E-state index in [1.807, 2.05) is 0 Å². The van der Waals surface area contributed by atoms with E-state index >= 15 is 0 Å². The molecule has 21 N–H and O–H groups in total. The molecule has 30 atom stereocenters. The molecule has 0 aromatic heterocycles. The molecule has 6 fully saturated rings. The molecule has 74 heavy (non-hydrogen) atoms. The van der Waals surface area contributed by atoms with Gasteiger partial charge in [0.2, 0.25) is 0 Å². The van der Waals surface area contributed by atoms with Crippen molar-refractivity contribution in [1.82, 2.24) is 0 Å². The van der Waals surface area contributed by atoms with Crippen LogP contribution in [0.3, 0.4) is 0 Å². The first-order valence-electron chi connectivity index (χ1n) is 23.8. The molecule has 0 aromatic carbocycles. The van der Waals surface area contributed by atoms with Crippen molar-refractivity contribution >= 4 is 5.97 Å². The first kappa shape index (κ1) is 61.4. The van der Waals surface area contributed by atoms with Crippen LogP contribution in [0.15, 0.2) is 0 Å². The Morgan fingerprint density at radius 1 is 0.351 bits per heavy atom. The maximum Gasteiger partial charge on any atom is 0.335 e. The number of carbonyl (C=O) groups is 1. The van der Waals surface area contributed by atoms with Crippen LogP contribution in [0.1, 0.15) is 19.3 Å². The Labute approximate surface area is 419 Å². The molecule has 0 aromatic rings. The van der Waals surface area contributed by atoms with Crippen molar-refractivity contribution in [3.05, 3.63) is 0 Å². The summed E-state index contributed by atoms with van der Waals surface area (Å²) >= 11 is 0. The lowest BCUT2D eigenvalue weighted by atomic mass is 9.94. The summed E-state index contributed by atoms with van der Waals surface area (Å²) in [5.41, 5.74) is 5.51. The lowest BCUT2D eigenvalue weighted by Crippen LogP contribution is -2.69. The largest absolute Gasteiger partial charge is 0.479 e. The standard InChI is InChI=1S/C41H71NO32/c42-4-2-1-3-5-63-36-25(57)21(53)29(13(8-45)66-36)70-41-28(60)33(73-39-24(56)19(51)20(52)34(74-39)35(61)62)31(15(10-47)68-41)71-40-27(59)32(17(49)12(7-44)65-40)72-38-26(58)22(54)30(14(9-46)67-38)69-37-23(55)18(50)16(48)11(6-43)64-37/h11-34,36-41,43-60H,1-10,42H2,(H,61,62)/t11-,12-,13-,14-,15-,16-,17-,18+,19+,20+,21-,22-,23+,24-,25-,26-,27-,28+,29-,30-,31-,32+,33-,34+,36+,37+,38-,39+,40+,41+/m1/s1. The lowest BCUT2D eigenvalue weighted by Gasteiger charge is -2.51. The third kappa shape index (κ3) is 13.3. The Hall–Kier alpha value is -1.77. The highest BCUT2D eigenvalue weighted by molar-refractivity contribution is 5.73. The van der Waals surface area contributed by atoms with Crippen LogP contribution in [0.2, 0.25) is 0 Å². The highest BCUT2D eigenvalue weighted by Crippen LogP contribution is 2.38. The summed E-state index contributed by atoms with van der Waals surface area (Å²) in [6.45, 7) is -4.55. The van der Waals surface area contributed by atoms with Crippen LogP contribution in [0.4, 0.5) is 0 Å². The van der Waals surface area contributed by atoms with Crippen LogP contribution in [0.25, 0.3) is 0 Å². The molecule has 432 valence electrons. The number of aliphatic hydroxyl groups excluding tert-OH is 18. The number of hydrogen-bond acceptors (Lipinski definition) is 32. The minimum atomic E-state index is -2.33. The van der Waals surface area contributed by atoms with Gasteiger partial charge in [-0.05, 0) is 25.8 Å². The van der Waals surface area contributed by atoms with Gasteiger partial charge in [-0.3, -0.25) is 0 Å². The highest BCUT2D eigenvalue weighted by Gasteiger charge is 2.59. The number of carboxylic acids is 1. The zero-order valence-corrected chi connectivity index (χ0v) is 39.3. The number of aliphatic carboxylic acids is 1. The topological polar surface area (TPSA) is 538 Å². The van der Waals surface area contributed by atoms with E-state index in [0.717, 1.165) is 0 Å². The zero-order valence-electron chi connectivity index (χ0n) is 39.3. The highest BCUT2D eigenvalue weighted by atomic mass is 16.8. The Kier molecular flexibility index (Phi) is 22.8. The van der Waals surface area contributed by atoms with E-state index in [1.54, 1.807) is 0 Å². The molecular formula is C41H71NO32. The molecule has 6 rings (SSSR count). The number of hydrogen-bond donors (Lipinski definition) is 20. The summed E-state index contributed by atoms with van der Waals surface area (Å²) in [5, 5.41) is 203. The number of nitrogens with two attached hydrogens (primary N) is 1. The van der Waals surface area contributed by atoms with Crippen molar-refractivity contribution in [1.29, 1.82) is 0 Å². The fourth-order valence-corrected chi connectivity index (χ4v) is 9.23. The summed E-state index contributed by atoms with van der Waals surface area (Å²) in [6, 6.07) is 0. The number of rotatable bonds is 22. The number of unbranched alkanes of at least 4 members (excludes halogenated alkanes) is 2. The molecule has 0 amide bonds. The molecule has 6 saturated heterocycles. The van der Waals surface area contributed by atoms with Crippen molar-refractivity contribution in [3.8, 4) is 0 Å². The zero-order chi connectivity index (χ0) is 54.5. The van der Waals surface area contributed by atoms with Gasteiger partial charge in [-0.1, -0.05) is 0 Å². The fraction of sp³-hybridized carbons (Fsp3) is 0.976.